The van der Waals surface area contributed by atoms with Crippen molar-refractivity contribution in [1.29, 1.82) is 0 Å². The van der Waals surface area contributed by atoms with Crippen LogP contribution in [0.15, 0.2) is 24.5 Å². The maximum Gasteiger partial charge on any atom is 0.149 e. The molecule has 1 aliphatic heterocycles. The summed E-state index contributed by atoms with van der Waals surface area (Å²) in [6.45, 7) is 2.01. The van der Waals surface area contributed by atoms with Crippen molar-refractivity contribution in [2.45, 2.75) is 32.1 Å². The highest BCUT2D eigenvalue weighted by Crippen LogP contribution is 2.26. The monoisotopic (exact) mass is 259 g/mol. The van der Waals surface area contributed by atoms with Crippen molar-refractivity contribution in [3.63, 3.8) is 0 Å². The van der Waals surface area contributed by atoms with Crippen molar-refractivity contribution >= 4 is 16.7 Å². The zero-order chi connectivity index (χ0) is 13.1. The molecule has 0 aliphatic carbocycles. The van der Waals surface area contributed by atoms with Crippen LogP contribution in [0.25, 0.3) is 10.9 Å². The average molecular weight is 259 g/mol. The summed E-state index contributed by atoms with van der Waals surface area (Å²) >= 11 is 0. The van der Waals surface area contributed by atoms with Crippen LogP contribution in [0.2, 0.25) is 0 Å². The van der Waals surface area contributed by atoms with E-state index in [1.165, 1.54) is 44.5 Å². The van der Waals surface area contributed by atoms with Crippen LogP contribution in [0.5, 0.6) is 0 Å². The Kier molecular flexibility index (Phi) is 3.58. The second-order valence-corrected chi connectivity index (χ2v) is 5.09. The number of aromatic nitrogens is 2. The van der Waals surface area contributed by atoms with Gasteiger partial charge in [-0.2, -0.15) is 0 Å². The summed E-state index contributed by atoms with van der Waals surface area (Å²) in [6.07, 6.45) is 7.70. The van der Waals surface area contributed by atoms with Crippen LogP contribution in [0.3, 0.4) is 0 Å². The van der Waals surface area contributed by atoms with E-state index in [1.54, 1.807) is 6.07 Å². The number of rotatable bonds is 1. The fourth-order valence-corrected chi connectivity index (χ4v) is 2.75. The van der Waals surface area contributed by atoms with Gasteiger partial charge in [-0.05, 0) is 25.0 Å². The number of nitrogens with zero attached hydrogens (tertiary/aromatic N) is 3. The maximum absolute atomic E-state index is 13.8. The number of hydrogen-bond donors (Lipinski definition) is 0. The second kappa shape index (κ2) is 5.51. The first kappa shape index (κ1) is 12.3. The van der Waals surface area contributed by atoms with Gasteiger partial charge < -0.3 is 4.90 Å². The molecular formula is C15H18FN3. The van der Waals surface area contributed by atoms with Crippen molar-refractivity contribution in [2.75, 3.05) is 18.0 Å². The maximum atomic E-state index is 13.8. The van der Waals surface area contributed by atoms with Crippen LogP contribution in [-0.4, -0.2) is 23.1 Å². The van der Waals surface area contributed by atoms with E-state index >= 15 is 0 Å². The Balaban J connectivity index is 2.01. The molecule has 3 nitrogen and oxygen atoms in total. The van der Waals surface area contributed by atoms with Crippen molar-refractivity contribution in [1.82, 2.24) is 9.97 Å². The topological polar surface area (TPSA) is 29.0 Å². The summed E-state index contributed by atoms with van der Waals surface area (Å²) in [5.74, 6) is 0.611. The average Bonchev–Trinajstić information content (AvgIpc) is 2.39. The number of fused-ring (bicyclic) bond motifs is 1. The van der Waals surface area contributed by atoms with Gasteiger partial charge in [-0.25, -0.2) is 14.4 Å². The van der Waals surface area contributed by atoms with Gasteiger partial charge in [0, 0.05) is 18.5 Å². The van der Waals surface area contributed by atoms with Gasteiger partial charge in [0.15, 0.2) is 0 Å². The van der Waals surface area contributed by atoms with Crippen molar-refractivity contribution in [3.8, 4) is 0 Å². The van der Waals surface area contributed by atoms with Gasteiger partial charge in [0.25, 0.3) is 0 Å². The zero-order valence-electron chi connectivity index (χ0n) is 11.0. The molecule has 4 heteroatoms. The lowest BCUT2D eigenvalue weighted by atomic mass is 10.1. The molecule has 1 aliphatic rings. The predicted molar refractivity (Wildman–Crippen MR) is 74.8 cm³/mol. The van der Waals surface area contributed by atoms with Gasteiger partial charge in [-0.1, -0.05) is 25.3 Å². The highest BCUT2D eigenvalue weighted by atomic mass is 19.1. The van der Waals surface area contributed by atoms with Crippen LogP contribution in [0, 0.1) is 5.82 Å². The normalized spacial score (nSPS) is 17.2. The molecule has 0 atom stereocenters. The minimum Gasteiger partial charge on any atom is -0.356 e. The van der Waals surface area contributed by atoms with Gasteiger partial charge in [0.2, 0.25) is 0 Å². The number of benzene rings is 1. The molecule has 1 aromatic carbocycles. The highest BCUT2D eigenvalue weighted by molar-refractivity contribution is 5.89. The summed E-state index contributed by atoms with van der Waals surface area (Å²) in [7, 11) is 0. The summed E-state index contributed by atoms with van der Waals surface area (Å²) in [5.41, 5.74) is 0.426. The molecule has 0 N–H and O–H groups in total. The molecule has 0 amide bonds. The van der Waals surface area contributed by atoms with E-state index < -0.39 is 0 Å². The Morgan fingerprint density at radius 3 is 2.47 bits per heavy atom. The van der Waals surface area contributed by atoms with E-state index in [1.807, 2.05) is 6.07 Å². The van der Waals surface area contributed by atoms with Crippen LogP contribution >= 0.6 is 0 Å². The molecule has 1 aromatic heterocycles. The minimum atomic E-state index is -0.270. The number of halogens is 1. The quantitative estimate of drug-likeness (QED) is 0.784. The van der Waals surface area contributed by atoms with Crippen LogP contribution in [0.4, 0.5) is 10.2 Å². The van der Waals surface area contributed by atoms with Gasteiger partial charge in [0.1, 0.15) is 23.5 Å². The molecular weight excluding hydrogens is 241 g/mol. The van der Waals surface area contributed by atoms with Crippen molar-refractivity contribution in [2.24, 2.45) is 0 Å². The summed E-state index contributed by atoms with van der Waals surface area (Å²) < 4.78 is 13.8. The second-order valence-electron chi connectivity index (χ2n) is 5.09. The lowest BCUT2D eigenvalue weighted by Crippen LogP contribution is -2.28. The summed E-state index contributed by atoms with van der Waals surface area (Å²) in [5, 5.41) is 0.822. The van der Waals surface area contributed by atoms with Gasteiger partial charge in [-0.15, -0.1) is 0 Å². The highest BCUT2D eigenvalue weighted by Gasteiger charge is 2.14. The molecule has 0 radical (unpaired) electrons. The molecule has 2 heterocycles. The first-order valence-electron chi connectivity index (χ1n) is 7.00. The molecule has 1 saturated heterocycles. The van der Waals surface area contributed by atoms with E-state index in [0.29, 0.717) is 5.52 Å². The first-order chi connectivity index (χ1) is 9.36. The van der Waals surface area contributed by atoms with Gasteiger partial charge >= 0.3 is 0 Å². The molecule has 1 fully saturated rings. The van der Waals surface area contributed by atoms with E-state index in [4.69, 9.17) is 0 Å². The standard InChI is InChI=1S/C15H18FN3/c16-13-8-6-7-12-14(13)17-11-18-15(12)19-9-4-2-1-3-5-10-19/h6-8,11H,1-5,9-10H2. The molecule has 100 valence electrons. The van der Waals surface area contributed by atoms with Crippen molar-refractivity contribution < 1.29 is 4.39 Å². The lowest BCUT2D eigenvalue weighted by molar-refractivity contribution is 0.554. The summed E-state index contributed by atoms with van der Waals surface area (Å²) in [4.78, 5) is 10.7. The molecule has 0 bridgehead atoms. The predicted octanol–water partition coefficient (Wildman–Crippen LogP) is 3.54. The van der Waals surface area contributed by atoms with Crippen LogP contribution in [0.1, 0.15) is 32.1 Å². The third-order valence-corrected chi connectivity index (χ3v) is 3.75. The minimum absolute atomic E-state index is 0.270. The number of anilines is 1. The summed E-state index contributed by atoms with van der Waals surface area (Å²) in [6, 6.07) is 5.09. The van der Waals surface area contributed by atoms with Crippen LogP contribution in [-0.2, 0) is 0 Å². The van der Waals surface area contributed by atoms with Crippen molar-refractivity contribution in [3.05, 3.63) is 30.3 Å². The first-order valence-corrected chi connectivity index (χ1v) is 7.00. The Bertz CT molecular complexity index is 562. The Hall–Kier alpha value is -1.71. The van der Waals surface area contributed by atoms with Gasteiger partial charge in [-0.3, -0.25) is 0 Å². The van der Waals surface area contributed by atoms with E-state index in [0.717, 1.165) is 24.3 Å². The molecule has 19 heavy (non-hydrogen) atoms. The van der Waals surface area contributed by atoms with Crippen LogP contribution < -0.4 is 4.90 Å². The largest absolute Gasteiger partial charge is 0.356 e. The third-order valence-electron chi connectivity index (χ3n) is 3.75. The Morgan fingerprint density at radius 2 is 1.68 bits per heavy atom. The molecule has 3 rings (SSSR count). The van der Waals surface area contributed by atoms with E-state index in [9.17, 15) is 4.39 Å². The Morgan fingerprint density at radius 1 is 0.947 bits per heavy atom. The zero-order valence-corrected chi connectivity index (χ0v) is 11.0. The fraction of sp³-hybridized carbons (Fsp3) is 0.467. The molecule has 0 spiro atoms. The smallest absolute Gasteiger partial charge is 0.149 e. The SMILES string of the molecule is Fc1cccc2c(N3CCCCCCC3)ncnc12. The van der Waals surface area contributed by atoms with E-state index in [2.05, 4.69) is 14.9 Å². The number of para-hydroxylation sites is 1. The lowest BCUT2D eigenvalue weighted by Gasteiger charge is -2.26. The number of hydrogen-bond acceptors (Lipinski definition) is 3. The third kappa shape index (κ3) is 2.53. The fourth-order valence-electron chi connectivity index (χ4n) is 2.75. The van der Waals surface area contributed by atoms with E-state index in [-0.39, 0.29) is 5.82 Å². The molecule has 0 unspecified atom stereocenters. The Labute approximate surface area is 112 Å². The molecule has 0 saturated carbocycles. The molecule has 2 aromatic rings. The van der Waals surface area contributed by atoms with Gasteiger partial charge in [0.05, 0.1) is 0 Å².